The molecule has 1 saturated heterocycles. The van der Waals surface area contributed by atoms with E-state index in [9.17, 15) is 0 Å². The minimum absolute atomic E-state index is 0.415. The fraction of sp³-hybridized carbons (Fsp3) is 0.261. The van der Waals surface area contributed by atoms with Crippen LogP contribution in [0.15, 0.2) is 63.5 Å². The minimum atomic E-state index is 0.415. The quantitative estimate of drug-likeness (QED) is 0.470. The first-order valence-corrected chi connectivity index (χ1v) is 10.0. The molecule has 1 aliphatic rings. The Bertz CT molecular complexity index is 1090. The molecule has 4 aromatic rings. The zero-order chi connectivity index (χ0) is 19.6. The third-order valence-corrected chi connectivity index (χ3v) is 5.38. The SMILES string of the molecule is Cc1onc(-c2ccccc2)c1-c1nnc(-c2ccc(N3CCCCC3)cc2)o1. The van der Waals surface area contributed by atoms with Gasteiger partial charge in [0.05, 0.1) is 0 Å². The van der Waals surface area contributed by atoms with Crippen molar-refractivity contribution >= 4 is 5.69 Å². The van der Waals surface area contributed by atoms with E-state index in [1.54, 1.807) is 0 Å². The van der Waals surface area contributed by atoms with Gasteiger partial charge in [-0.3, -0.25) is 0 Å². The number of hydrogen-bond acceptors (Lipinski definition) is 6. The van der Waals surface area contributed by atoms with E-state index in [1.165, 1.54) is 24.9 Å². The molecule has 0 saturated carbocycles. The molecule has 0 spiro atoms. The largest absolute Gasteiger partial charge is 0.416 e. The van der Waals surface area contributed by atoms with E-state index in [2.05, 4.69) is 32.4 Å². The first-order chi connectivity index (χ1) is 14.3. The van der Waals surface area contributed by atoms with Gasteiger partial charge < -0.3 is 13.8 Å². The van der Waals surface area contributed by atoms with Crippen LogP contribution in [0.3, 0.4) is 0 Å². The number of rotatable bonds is 4. The van der Waals surface area contributed by atoms with E-state index in [4.69, 9.17) is 8.94 Å². The van der Waals surface area contributed by atoms with Gasteiger partial charge in [-0.05, 0) is 50.5 Å². The third kappa shape index (κ3) is 3.42. The van der Waals surface area contributed by atoms with E-state index < -0.39 is 0 Å². The second-order valence-corrected chi connectivity index (χ2v) is 7.34. The van der Waals surface area contributed by atoms with E-state index >= 15 is 0 Å². The molecule has 146 valence electrons. The number of anilines is 1. The summed E-state index contributed by atoms with van der Waals surface area (Å²) in [6.45, 7) is 4.10. The molecule has 2 aromatic heterocycles. The Morgan fingerprint density at radius 2 is 1.52 bits per heavy atom. The maximum Gasteiger partial charge on any atom is 0.254 e. The van der Waals surface area contributed by atoms with Crippen LogP contribution in [-0.2, 0) is 0 Å². The van der Waals surface area contributed by atoms with Gasteiger partial charge in [0.15, 0.2) is 0 Å². The number of nitrogens with zero attached hydrogens (tertiary/aromatic N) is 4. The van der Waals surface area contributed by atoms with Crippen LogP contribution in [0.4, 0.5) is 5.69 Å². The normalized spacial score (nSPS) is 14.3. The van der Waals surface area contributed by atoms with E-state index in [1.807, 2.05) is 49.4 Å². The van der Waals surface area contributed by atoms with Crippen molar-refractivity contribution in [1.82, 2.24) is 15.4 Å². The van der Waals surface area contributed by atoms with E-state index in [0.29, 0.717) is 23.2 Å². The van der Waals surface area contributed by atoms with Crippen molar-refractivity contribution in [2.24, 2.45) is 0 Å². The topological polar surface area (TPSA) is 68.2 Å². The molecular weight excluding hydrogens is 364 g/mol. The molecule has 5 rings (SSSR count). The summed E-state index contributed by atoms with van der Waals surface area (Å²) in [6.07, 6.45) is 3.85. The minimum Gasteiger partial charge on any atom is -0.416 e. The first-order valence-electron chi connectivity index (χ1n) is 10.0. The highest BCUT2D eigenvalue weighted by Gasteiger charge is 2.22. The summed E-state index contributed by atoms with van der Waals surface area (Å²) >= 11 is 0. The molecule has 0 atom stereocenters. The monoisotopic (exact) mass is 386 g/mol. The van der Waals surface area contributed by atoms with Gasteiger partial charge in [-0.1, -0.05) is 35.5 Å². The van der Waals surface area contributed by atoms with Crippen LogP contribution in [0.5, 0.6) is 0 Å². The standard InChI is InChI=1S/C23H22N4O2/c1-16-20(21(26-29-16)17-8-4-2-5-9-17)23-25-24-22(28-23)18-10-12-19(13-11-18)27-14-6-3-7-15-27/h2,4-5,8-13H,3,6-7,14-15H2,1H3. The van der Waals surface area contributed by atoms with Crippen LogP contribution >= 0.6 is 0 Å². The van der Waals surface area contributed by atoms with Gasteiger partial charge in [-0.15, -0.1) is 10.2 Å². The Morgan fingerprint density at radius 3 is 2.28 bits per heavy atom. The summed E-state index contributed by atoms with van der Waals surface area (Å²) in [4.78, 5) is 2.43. The molecule has 0 unspecified atom stereocenters. The zero-order valence-corrected chi connectivity index (χ0v) is 16.3. The fourth-order valence-electron chi connectivity index (χ4n) is 3.82. The molecule has 29 heavy (non-hydrogen) atoms. The second kappa shape index (κ2) is 7.54. The van der Waals surface area contributed by atoms with E-state index in [0.717, 1.165) is 29.8 Å². The van der Waals surface area contributed by atoms with Crippen molar-refractivity contribution < 1.29 is 8.94 Å². The van der Waals surface area contributed by atoms with Gasteiger partial charge in [0, 0.05) is 29.9 Å². The summed E-state index contributed by atoms with van der Waals surface area (Å²) in [5, 5.41) is 12.7. The second-order valence-electron chi connectivity index (χ2n) is 7.34. The van der Waals surface area contributed by atoms with Gasteiger partial charge in [-0.2, -0.15) is 0 Å². The van der Waals surface area contributed by atoms with Crippen molar-refractivity contribution in [3.63, 3.8) is 0 Å². The Hall–Kier alpha value is -3.41. The molecule has 0 radical (unpaired) electrons. The molecule has 1 fully saturated rings. The van der Waals surface area contributed by atoms with Gasteiger partial charge in [0.2, 0.25) is 5.89 Å². The molecular formula is C23H22N4O2. The highest BCUT2D eigenvalue weighted by Crippen LogP contribution is 2.35. The molecule has 6 heteroatoms. The van der Waals surface area contributed by atoms with Crippen molar-refractivity contribution in [3.8, 4) is 34.2 Å². The molecule has 0 amide bonds. The van der Waals surface area contributed by atoms with Crippen LogP contribution in [0.1, 0.15) is 25.0 Å². The maximum absolute atomic E-state index is 6.01. The molecule has 2 aromatic carbocycles. The zero-order valence-electron chi connectivity index (χ0n) is 16.3. The molecule has 1 aliphatic heterocycles. The highest BCUT2D eigenvalue weighted by molar-refractivity contribution is 5.78. The molecule has 0 aliphatic carbocycles. The fourth-order valence-corrected chi connectivity index (χ4v) is 3.82. The smallest absolute Gasteiger partial charge is 0.254 e. The lowest BCUT2D eigenvalue weighted by atomic mass is 10.1. The highest BCUT2D eigenvalue weighted by atomic mass is 16.5. The van der Waals surface area contributed by atoms with Crippen molar-refractivity contribution in [2.75, 3.05) is 18.0 Å². The number of aryl methyl sites for hydroxylation is 1. The van der Waals surface area contributed by atoms with E-state index in [-0.39, 0.29) is 0 Å². The third-order valence-electron chi connectivity index (χ3n) is 5.38. The van der Waals surface area contributed by atoms with Crippen molar-refractivity contribution in [3.05, 3.63) is 60.4 Å². The lowest BCUT2D eigenvalue weighted by Gasteiger charge is -2.28. The van der Waals surface area contributed by atoms with Crippen molar-refractivity contribution in [2.45, 2.75) is 26.2 Å². The number of piperidine rings is 1. The number of aromatic nitrogens is 3. The lowest BCUT2D eigenvalue weighted by Crippen LogP contribution is -2.29. The van der Waals surface area contributed by atoms with Crippen LogP contribution in [0, 0.1) is 6.92 Å². The number of hydrogen-bond donors (Lipinski definition) is 0. The van der Waals surface area contributed by atoms with Gasteiger partial charge in [-0.25, -0.2) is 0 Å². The molecule has 0 bridgehead atoms. The lowest BCUT2D eigenvalue weighted by molar-refractivity contribution is 0.399. The van der Waals surface area contributed by atoms with Crippen LogP contribution < -0.4 is 4.90 Å². The summed E-state index contributed by atoms with van der Waals surface area (Å²) in [5.41, 5.74) is 4.54. The molecule has 3 heterocycles. The first kappa shape index (κ1) is 17.7. The Labute approximate surface area is 169 Å². The molecule has 0 N–H and O–H groups in total. The van der Waals surface area contributed by atoms with Crippen LogP contribution in [0.25, 0.3) is 34.2 Å². The summed E-state index contributed by atoms with van der Waals surface area (Å²) in [5.74, 6) is 1.56. The summed E-state index contributed by atoms with van der Waals surface area (Å²) in [7, 11) is 0. The Morgan fingerprint density at radius 1 is 0.793 bits per heavy atom. The average molecular weight is 386 g/mol. The number of benzene rings is 2. The summed E-state index contributed by atoms with van der Waals surface area (Å²) < 4.78 is 11.4. The van der Waals surface area contributed by atoms with Gasteiger partial charge in [0.1, 0.15) is 17.0 Å². The average Bonchev–Trinajstić information content (AvgIpc) is 3.42. The van der Waals surface area contributed by atoms with Crippen LogP contribution in [0.2, 0.25) is 0 Å². The van der Waals surface area contributed by atoms with Crippen LogP contribution in [-0.4, -0.2) is 28.4 Å². The predicted molar refractivity (Wildman–Crippen MR) is 111 cm³/mol. The summed E-state index contributed by atoms with van der Waals surface area (Å²) in [6, 6.07) is 18.2. The van der Waals surface area contributed by atoms with Crippen molar-refractivity contribution in [1.29, 1.82) is 0 Å². The van der Waals surface area contributed by atoms with Gasteiger partial charge >= 0.3 is 0 Å². The Balaban J connectivity index is 1.44. The maximum atomic E-state index is 6.01. The Kier molecular flexibility index (Phi) is 4.60. The molecule has 6 nitrogen and oxygen atoms in total. The predicted octanol–water partition coefficient (Wildman–Crippen LogP) is 5.36. The van der Waals surface area contributed by atoms with Gasteiger partial charge in [0.25, 0.3) is 5.89 Å².